The van der Waals surface area contributed by atoms with Crippen molar-refractivity contribution in [1.82, 2.24) is 4.98 Å². The first-order valence-electron chi connectivity index (χ1n) is 7.68. The molecule has 0 unspecified atom stereocenters. The Morgan fingerprint density at radius 3 is 1.71 bits per heavy atom. The van der Waals surface area contributed by atoms with E-state index in [2.05, 4.69) is 4.98 Å². The predicted molar refractivity (Wildman–Crippen MR) is 117 cm³/mol. The van der Waals surface area contributed by atoms with Crippen LogP contribution in [-0.4, -0.2) is 16.1 Å². The highest BCUT2D eigenvalue weighted by Crippen LogP contribution is 2.45. The number of benzene rings is 2. The molecule has 3 aromatic rings. The van der Waals surface area contributed by atoms with Crippen molar-refractivity contribution in [2.75, 3.05) is 0 Å². The van der Waals surface area contributed by atoms with Crippen LogP contribution in [0.5, 0.6) is 0 Å². The molecular formula is C19H9Cl6NO2. The predicted octanol–water partition coefficient (Wildman–Crippen LogP) is 7.96. The first kappa shape index (κ1) is 21.5. The molecule has 2 aromatic carbocycles. The summed E-state index contributed by atoms with van der Waals surface area (Å²) in [5.74, 6) is -1.00. The number of pyridine rings is 1. The van der Waals surface area contributed by atoms with Crippen molar-refractivity contribution < 1.29 is 9.90 Å². The van der Waals surface area contributed by atoms with E-state index in [-0.39, 0.29) is 26.5 Å². The van der Waals surface area contributed by atoms with Gasteiger partial charge in [-0.3, -0.25) is 9.78 Å². The second-order valence-electron chi connectivity index (χ2n) is 5.80. The second-order valence-corrected chi connectivity index (χ2v) is 8.30. The minimum Gasteiger partial charge on any atom is -0.481 e. The Balaban J connectivity index is 2.35. The van der Waals surface area contributed by atoms with Gasteiger partial charge in [-0.2, -0.15) is 0 Å². The average Bonchev–Trinajstić information content (AvgIpc) is 2.54. The van der Waals surface area contributed by atoms with E-state index < -0.39 is 5.97 Å². The number of carboxylic acid groups (broad SMARTS) is 1. The van der Waals surface area contributed by atoms with Gasteiger partial charge in [-0.15, -0.1) is 0 Å². The van der Waals surface area contributed by atoms with Gasteiger partial charge in [-0.05, 0) is 35.9 Å². The van der Waals surface area contributed by atoms with Crippen LogP contribution in [0.2, 0.25) is 30.1 Å². The van der Waals surface area contributed by atoms with E-state index in [4.69, 9.17) is 74.7 Å². The second kappa shape index (κ2) is 8.66. The lowest BCUT2D eigenvalue weighted by Gasteiger charge is -2.16. The summed E-state index contributed by atoms with van der Waals surface area (Å²) >= 11 is 37.5. The number of hydrogen-bond donors (Lipinski definition) is 1. The average molecular weight is 496 g/mol. The van der Waals surface area contributed by atoms with E-state index in [0.717, 1.165) is 0 Å². The third kappa shape index (κ3) is 4.51. The molecule has 144 valence electrons. The lowest BCUT2D eigenvalue weighted by molar-refractivity contribution is -0.136. The fourth-order valence-electron chi connectivity index (χ4n) is 2.74. The molecule has 1 aromatic heterocycles. The van der Waals surface area contributed by atoms with Gasteiger partial charge in [-0.1, -0.05) is 69.6 Å². The fourth-order valence-corrected chi connectivity index (χ4v) is 4.75. The third-order valence-corrected chi connectivity index (χ3v) is 5.45. The van der Waals surface area contributed by atoms with Gasteiger partial charge in [-0.25, -0.2) is 0 Å². The van der Waals surface area contributed by atoms with Gasteiger partial charge >= 0.3 is 5.97 Å². The Morgan fingerprint density at radius 1 is 0.786 bits per heavy atom. The molecule has 0 aliphatic heterocycles. The molecule has 3 rings (SSSR count). The highest BCUT2D eigenvalue weighted by Gasteiger charge is 2.21. The van der Waals surface area contributed by atoms with E-state index >= 15 is 0 Å². The van der Waals surface area contributed by atoms with E-state index in [1.807, 2.05) is 0 Å². The molecule has 0 aliphatic carbocycles. The van der Waals surface area contributed by atoms with Gasteiger partial charge in [0.25, 0.3) is 0 Å². The Labute approximate surface area is 190 Å². The van der Waals surface area contributed by atoms with Gasteiger partial charge in [0.2, 0.25) is 0 Å². The number of carbonyl (C=O) groups is 1. The number of nitrogens with zero attached hydrogens (tertiary/aromatic N) is 1. The minimum absolute atomic E-state index is 0.231. The molecule has 0 spiro atoms. The van der Waals surface area contributed by atoms with Gasteiger partial charge in [0.1, 0.15) is 0 Å². The molecule has 9 heteroatoms. The van der Waals surface area contributed by atoms with Crippen LogP contribution in [0.1, 0.15) is 5.56 Å². The number of rotatable bonds is 4. The van der Waals surface area contributed by atoms with Crippen molar-refractivity contribution in [3.8, 4) is 22.4 Å². The summed E-state index contributed by atoms with van der Waals surface area (Å²) in [6, 6.07) is 7.77. The minimum atomic E-state index is -1.00. The van der Waals surface area contributed by atoms with Crippen LogP contribution in [-0.2, 0) is 11.2 Å². The summed E-state index contributed by atoms with van der Waals surface area (Å²) in [6.45, 7) is 0. The summed E-state index contributed by atoms with van der Waals surface area (Å²) in [7, 11) is 0. The van der Waals surface area contributed by atoms with Crippen LogP contribution in [0.4, 0.5) is 0 Å². The van der Waals surface area contributed by atoms with E-state index in [1.54, 1.807) is 6.07 Å². The normalized spacial score (nSPS) is 10.9. The van der Waals surface area contributed by atoms with Crippen molar-refractivity contribution in [3.63, 3.8) is 0 Å². The lowest BCUT2D eigenvalue weighted by Crippen LogP contribution is -2.02. The van der Waals surface area contributed by atoms with Crippen molar-refractivity contribution in [3.05, 3.63) is 72.2 Å². The van der Waals surface area contributed by atoms with Gasteiger partial charge < -0.3 is 5.11 Å². The third-order valence-electron chi connectivity index (χ3n) is 3.82. The zero-order valence-electron chi connectivity index (χ0n) is 13.7. The highest BCUT2D eigenvalue weighted by molar-refractivity contribution is 6.43. The molecule has 28 heavy (non-hydrogen) atoms. The van der Waals surface area contributed by atoms with Crippen LogP contribution >= 0.6 is 69.6 Å². The Morgan fingerprint density at radius 2 is 1.25 bits per heavy atom. The SMILES string of the molecule is O=C(O)Cc1cnc(-c2c(Cl)cc(Cl)cc2Cl)c(-c2c(Cl)cc(Cl)cc2Cl)c1. The zero-order valence-corrected chi connectivity index (χ0v) is 18.3. The van der Waals surface area contributed by atoms with Crippen LogP contribution < -0.4 is 0 Å². The molecule has 0 atom stereocenters. The summed E-state index contributed by atoms with van der Waals surface area (Å²) in [5, 5.41) is 10.9. The van der Waals surface area contributed by atoms with Crippen LogP contribution in [0, 0.1) is 0 Å². The Hall–Kier alpha value is -1.20. The zero-order chi connectivity index (χ0) is 20.6. The largest absolute Gasteiger partial charge is 0.481 e. The van der Waals surface area contributed by atoms with E-state index in [0.29, 0.717) is 38.0 Å². The molecule has 3 nitrogen and oxygen atoms in total. The van der Waals surface area contributed by atoms with Crippen LogP contribution in [0.3, 0.4) is 0 Å². The molecule has 0 aliphatic rings. The van der Waals surface area contributed by atoms with E-state index in [1.165, 1.54) is 30.5 Å². The number of halogens is 6. The number of aromatic nitrogens is 1. The van der Waals surface area contributed by atoms with Crippen molar-refractivity contribution >= 4 is 75.6 Å². The smallest absolute Gasteiger partial charge is 0.307 e. The molecule has 0 saturated heterocycles. The number of hydrogen-bond acceptors (Lipinski definition) is 2. The number of carboxylic acids is 1. The Kier molecular flexibility index (Phi) is 6.65. The van der Waals surface area contributed by atoms with Crippen LogP contribution in [0.25, 0.3) is 22.4 Å². The quantitative estimate of drug-likeness (QED) is 0.399. The molecular weight excluding hydrogens is 487 g/mol. The molecule has 0 bridgehead atoms. The maximum Gasteiger partial charge on any atom is 0.307 e. The molecule has 0 fully saturated rings. The van der Waals surface area contributed by atoms with Gasteiger partial charge in [0, 0.05) is 32.9 Å². The van der Waals surface area contributed by atoms with Crippen molar-refractivity contribution in [1.29, 1.82) is 0 Å². The summed E-state index contributed by atoms with van der Waals surface area (Å²) in [5.41, 5.74) is 2.16. The van der Waals surface area contributed by atoms with Crippen molar-refractivity contribution in [2.45, 2.75) is 6.42 Å². The molecule has 0 amide bonds. The van der Waals surface area contributed by atoms with Gasteiger partial charge in [0.15, 0.2) is 0 Å². The van der Waals surface area contributed by atoms with Gasteiger partial charge in [0.05, 0.1) is 32.2 Å². The highest BCUT2D eigenvalue weighted by atomic mass is 35.5. The molecule has 0 radical (unpaired) electrons. The first-order chi connectivity index (χ1) is 13.2. The van der Waals surface area contributed by atoms with E-state index in [9.17, 15) is 4.79 Å². The maximum atomic E-state index is 11.1. The monoisotopic (exact) mass is 493 g/mol. The topological polar surface area (TPSA) is 50.2 Å². The van der Waals surface area contributed by atoms with Crippen LogP contribution in [0.15, 0.2) is 36.5 Å². The lowest BCUT2D eigenvalue weighted by atomic mass is 9.97. The first-order valence-corrected chi connectivity index (χ1v) is 9.94. The maximum absolute atomic E-state index is 11.1. The standard InChI is InChI=1S/C19H9Cl6NO2/c20-9-3-12(22)17(13(23)4-9)11-1-8(2-16(27)28)7-26-19(11)18-14(24)5-10(21)6-15(18)25/h1,3-7H,2H2,(H,27,28). The summed E-state index contributed by atoms with van der Waals surface area (Å²) in [6.07, 6.45) is 1.21. The molecule has 1 N–H and O–H groups in total. The Bertz CT molecular complexity index is 1050. The summed E-state index contributed by atoms with van der Waals surface area (Å²) < 4.78 is 0. The summed E-state index contributed by atoms with van der Waals surface area (Å²) in [4.78, 5) is 15.6. The molecule has 0 saturated carbocycles. The fraction of sp³-hybridized carbons (Fsp3) is 0.0526. The van der Waals surface area contributed by atoms with Crippen molar-refractivity contribution in [2.24, 2.45) is 0 Å². The number of aliphatic carboxylic acids is 1. The molecule has 1 heterocycles.